The van der Waals surface area contributed by atoms with Gasteiger partial charge in [0.1, 0.15) is 5.82 Å². The van der Waals surface area contributed by atoms with Gasteiger partial charge < -0.3 is 10.2 Å². The fourth-order valence-corrected chi connectivity index (χ4v) is 5.05. The van der Waals surface area contributed by atoms with Crippen LogP contribution >= 0.6 is 11.6 Å². The van der Waals surface area contributed by atoms with Crippen molar-refractivity contribution in [3.8, 4) is 0 Å². The van der Waals surface area contributed by atoms with E-state index in [-0.39, 0.29) is 16.8 Å². The normalized spacial score (nSPS) is 26.6. The first kappa shape index (κ1) is 19.4. The van der Waals surface area contributed by atoms with Gasteiger partial charge in [-0.2, -0.15) is 0 Å². The van der Waals surface area contributed by atoms with Gasteiger partial charge in [-0.05, 0) is 68.1 Å². The molecule has 0 spiro atoms. The SMILES string of the molecule is O=C(CCC1CCN(C(=O)[C@@H]2C[C@@H]3C=C[C@H]2C3)CC1)Nc1ccc(F)c(Cl)c1. The minimum Gasteiger partial charge on any atom is -0.342 e. The maximum Gasteiger partial charge on any atom is 0.226 e. The highest BCUT2D eigenvalue weighted by atomic mass is 35.5. The van der Waals surface area contributed by atoms with Crippen LogP contribution in [0.15, 0.2) is 30.4 Å². The van der Waals surface area contributed by atoms with Gasteiger partial charge >= 0.3 is 0 Å². The fraction of sp³-hybridized carbons (Fsp3) is 0.545. The average Bonchev–Trinajstić information content (AvgIpc) is 3.33. The van der Waals surface area contributed by atoms with Crippen LogP contribution in [0.4, 0.5) is 10.1 Å². The van der Waals surface area contributed by atoms with E-state index in [1.165, 1.54) is 18.2 Å². The first-order valence-corrected chi connectivity index (χ1v) is 10.6. The van der Waals surface area contributed by atoms with E-state index >= 15 is 0 Å². The summed E-state index contributed by atoms with van der Waals surface area (Å²) in [5.41, 5.74) is 0.511. The molecule has 1 aliphatic heterocycles. The molecule has 2 amide bonds. The number of halogens is 2. The van der Waals surface area contributed by atoms with Crippen molar-refractivity contribution >= 4 is 29.1 Å². The maximum absolute atomic E-state index is 13.2. The summed E-state index contributed by atoms with van der Waals surface area (Å²) in [6.45, 7) is 1.60. The molecule has 0 unspecified atom stereocenters. The molecule has 1 saturated heterocycles. The lowest BCUT2D eigenvalue weighted by Crippen LogP contribution is -2.42. The van der Waals surface area contributed by atoms with E-state index in [0.717, 1.165) is 45.2 Å². The molecule has 1 saturated carbocycles. The Morgan fingerprint density at radius 1 is 1.18 bits per heavy atom. The first-order valence-electron chi connectivity index (χ1n) is 10.2. The van der Waals surface area contributed by atoms with Crippen molar-refractivity contribution in [3.05, 3.63) is 41.2 Å². The lowest BCUT2D eigenvalue weighted by atomic mass is 9.88. The Morgan fingerprint density at radius 2 is 1.96 bits per heavy atom. The predicted octanol–water partition coefficient (Wildman–Crippen LogP) is 4.65. The van der Waals surface area contributed by atoms with Crippen LogP contribution in [0.2, 0.25) is 5.02 Å². The number of amides is 2. The summed E-state index contributed by atoms with van der Waals surface area (Å²) in [6.07, 6.45) is 9.82. The fourth-order valence-electron chi connectivity index (χ4n) is 4.87. The molecule has 1 heterocycles. The van der Waals surface area contributed by atoms with Crippen LogP contribution in [-0.2, 0) is 9.59 Å². The Labute approximate surface area is 170 Å². The standard InChI is InChI=1S/C22H26ClFN2O2/c23-19-13-17(4-5-20(19)24)25-21(27)6-2-14-7-9-26(10-8-14)22(28)18-12-15-1-3-16(18)11-15/h1,3-5,13-16,18H,2,6-12H2,(H,25,27)/t15-,16+,18-/m1/s1. The second kappa shape index (κ2) is 8.24. The Morgan fingerprint density at radius 3 is 2.61 bits per heavy atom. The second-order valence-corrected chi connectivity index (χ2v) is 8.78. The molecule has 4 nitrogen and oxygen atoms in total. The molecule has 1 aromatic carbocycles. The van der Waals surface area contributed by atoms with Crippen LogP contribution in [-0.4, -0.2) is 29.8 Å². The third-order valence-electron chi connectivity index (χ3n) is 6.51. The van der Waals surface area contributed by atoms with Crippen LogP contribution in [0, 0.1) is 29.5 Å². The van der Waals surface area contributed by atoms with Gasteiger partial charge in [-0.15, -0.1) is 0 Å². The van der Waals surface area contributed by atoms with Crippen molar-refractivity contribution in [1.82, 2.24) is 4.90 Å². The van der Waals surface area contributed by atoms with Crippen LogP contribution in [0.1, 0.15) is 38.5 Å². The minimum absolute atomic E-state index is 0.000754. The molecule has 2 aliphatic carbocycles. The molecular formula is C22H26ClFN2O2. The maximum atomic E-state index is 13.2. The van der Waals surface area contributed by atoms with Gasteiger partial charge in [0.25, 0.3) is 0 Å². The van der Waals surface area contributed by atoms with E-state index in [0.29, 0.717) is 35.8 Å². The highest BCUT2D eigenvalue weighted by Gasteiger charge is 2.41. The Bertz CT molecular complexity index is 789. The zero-order valence-electron chi connectivity index (χ0n) is 15.9. The van der Waals surface area contributed by atoms with Crippen LogP contribution in [0.5, 0.6) is 0 Å². The predicted molar refractivity (Wildman–Crippen MR) is 107 cm³/mol. The molecule has 28 heavy (non-hydrogen) atoms. The number of carbonyl (C=O) groups is 2. The summed E-state index contributed by atoms with van der Waals surface area (Å²) in [7, 11) is 0. The van der Waals surface area contributed by atoms with Gasteiger partial charge in [0.2, 0.25) is 11.8 Å². The van der Waals surface area contributed by atoms with E-state index in [1.807, 2.05) is 4.90 Å². The average molecular weight is 405 g/mol. The highest BCUT2D eigenvalue weighted by molar-refractivity contribution is 6.31. The largest absolute Gasteiger partial charge is 0.342 e. The molecule has 0 aromatic heterocycles. The number of nitrogens with one attached hydrogen (secondary N) is 1. The van der Waals surface area contributed by atoms with Crippen LogP contribution in [0.25, 0.3) is 0 Å². The van der Waals surface area contributed by atoms with Crippen molar-refractivity contribution in [1.29, 1.82) is 0 Å². The van der Waals surface area contributed by atoms with Gasteiger partial charge in [-0.3, -0.25) is 9.59 Å². The van der Waals surface area contributed by atoms with E-state index in [1.54, 1.807) is 0 Å². The van der Waals surface area contributed by atoms with E-state index in [4.69, 9.17) is 11.6 Å². The monoisotopic (exact) mass is 404 g/mol. The molecule has 1 aromatic rings. The molecule has 150 valence electrons. The third-order valence-corrected chi connectivity index (χ3v) is 6.79. The zero-order chi connectivity index (χ0) is 19.7. The topological polar surface area (TPSA) is 49.4 Å². The van der Waals surface area contributed by atoms with Crippen molar-refractivity contribution < 1.29 is 14.0 Å². The number of allylic oxidation sites excluding steroid dienone is 2. The number of rotatable bonds is 5. The van der Waals surface area contributed by atoms with E-state index in [2.05, 4.69) is 17.5 Å². The molecule has 2 fully saturated rings. The smallest absolute Gasteiger partial charge is 0.226 e. The molecule has 3 atom stereocenters. The lowest BCUT2D eigenvalue weighted by molar-refractivity contribution is -0.138. The highest BCUT2D eigenvalue weighted by Crippen LogP contribution is 2.44. The summed E-state index contributed by atoms with van der Waals surface area (Å²) in [5.74, 6) is 1.48. The number of anilines is 1. The van der Waals surface area contributed by atoms with Gasteiger partial charge in [0.05, 0.1) is 5.02 Å². The second-order valence-electron chi connectivity index (χ2n) is 8.37. The summed E-state index contributed by atoms with van der Waals surface area (Å²) in [5, 5.41) is 2.77. The minimum atomic E-state index is -0.498. The molecule has 3 aliphatic rings. The number of hydrogen-bond acceptors (Lipinski definition) is 2. The molecule has 2 bridgehead atoms. The Balaban J connectivity index is 1.19. The van der Waals surface area contributed by atoms with E-state index < -0.39 is 5.82 Å². The Kier molecular flexibility index (Phi) is 5.72. The van der Waals surface area contributed by atoms with Gasteiger partial charge in [-0.1, -0.05) is 23.8 Å². The molecule has 6 heteroatoms. The van der Waals surface area contributed by atoms with Crippen molar-refractivity contribution in [2.45, 2.75) is 38.5 Å². The number of likely N-dealkylation sites (tertiary alicyclic amines) is 1. The van der Waals surface area contributed by atoms with Crippen LogP contribution in [0.3, 0.4) is 0 Å². The molecule has 1 N–H and O–H groups in total. The van der Waals surface area contributed by atoms with Crippen molar-refractivity contribution in [2.24, 2.45) is 23.7 Å². The number of nitrogens with zero attached hydrogens (tertiary/aromatic N) is 1. The molecule has 0 radical (unpaired) electrons. The number of hydrogen-bond donors (Lipinski definition) is 1. The summed E-state index contributed by atoms with van der Waals surface area (Å²) in [4.78, 5) is 27.0. The number of fused-ring (bicyclic) bond motifs is 2. The number of piperidine rings is 1. The third kappa shape index (κ3) is 4.24. The van der Waals surface area contributed by atoms with E-state index in [9.17, 15) is 14.0 Å². The van der Waals surface area contributed by atoms with Crippen LogP contribution < -0.4 is 5.32 Å². The van der Waals surface area contributed by atoms with Gasteiger partial charge in [0, 0.05) is 31.1 Å². The summed E-state index contributed by atoms with van der Waals surface area (Å²) >= 11 is 5.74. The van der Waals surface area contributed by atoms with Gasteiger partial charge in [0.15, 0.2) is 0 Å². The zero-order valence-corrected chi connectivity index (χ0v) is 16.6. The summed E-state index contributed by atoms with van der Waals surface area (Å²) < 4.78 is 13.2. The first-order chi connectivity index (χ1) is 13.5. The Hall–Kier alpha value is -1.88. The number of benzene rings is 1. The van der Waals surface area contributed by atoms with Crippen molar-refractivity contribution in [2.75, 3.05) is 18.4 Å². The molecule has 4 rings (SSSR count). The van der Waals surface area contributed by atoms with Gasteiger partial charge in [-0.25, -0.2) is 4.39 Å². The quantitative estimate of drug-likeness (QED) is 0.726. The number of carbonyl (C=O) groups excluding carboxylic acids is 2. The molecular weight excluding hydrogens is 379 g/mol. The van der Waals surface area contributed by atoms with Crippen molar-refractivity contribution in [3.63, 3.8) is 0 Å². The summed E-state index contributed by atoms with van der Waals surface area (Å²) in [6, 6.07) is 4.18. The lowest BCUT2D eigenvalue weighted by Gasteiger charge is -2.34.